The van der Waals surface area contributed by atoms with Crippen LogP contribution in [-0.4, -0.2) is 28.9 Å². The molecule has 1 heterocycles. The van der Waals surface area contributed by atoms with Crippen LogP contribution in [0.25, 0.3) is 0 Å². The lowest BCUT2D eigenvalue weighted by atomic mass is 10.5. The van der Waals surface area contributed by atoms with Crippen LogP contribution in [0, 0.1) is 0 Å². The van der Waals surface area contributed by atoms with Gasteiger partial charge in [0.05, 0.1) is 11.9 Å². The Balaban J connectivity index is 2.27. The first-order valence-electron chi connectivity index (χ1n) is 3.29. The van der Waals surface area contributed by atoms with Crippen molar-refractivity contribution in [1.82, 2.24) is 4.98 Å². The zero-order valence-corrected chi connectivity index (χ0v) is 6.23. The van der Waals surface area contributed by atoms with Gasteiger partial charge in [-0.15, -0.1) is 0 Å². The van der Waals surface area contributed by atoms with E-state index >= 15 is 0 Å². The Kier molecular flexibility index (Phi) is 2.89. The van der Waals surface area contributed by atoms with Crippen molar-refractivity contribution >= 4 is 12.2 Å². The van der Waals surface area contributed by atoms with E-state index in [1.165, 1.54) is 6.21 Å². The molecule has 5 nitrogen and oxygen atoms in total. The fourth-order valence-electron chi connectivity index (χ4n) is 0.611. The highest BCUT2D eigenvalue weighted by Gasteiger charge is 1.93. The Labute approximate surface area is 68.7 Å². The van der Waals surface area contributed by atoms with Crippen molar-refractivity contribution in [3.63, 3.8) is 0 Å². The zero-order chi connectivity index (χ0) is 8.81. The van der Waals surface area contributed by atoms with Gasteiger partial charge in [0.1, 0.15) is 0 Å². The van der Waals surface area contributed by atoms with Crippen LogP contribution in [0.5, 0.6) is 0 Å². The SMILES string of the molecule is O=C(O)CO/N=C/c1ccc[nH]1. The Morgan fingerprint density at radius 1 is 1.83 bits per heavy atom. The maximum Gasteiger partial charge on any atom is 0.344 e. The minimum atomic E-state index is -1.04. The Hall–Kier alpha value is -1.78. The molecule has 5 heteroatoms. The number of nitrogens with one attached hydrogen (secondary N) is 1. The van der Waals surface area contributed by atoms with Crippen molar-refractivity contribution in [2.45, 2.75) is 0 Å². The predicted molar refractivity (Wildman–Crippen MR) is 42.0 cm³/mol. The molecule has 64 valence electrons. The minimum absolute atomic E-state index is 0.419. The topological polar surface area (TPSA) is 74.7 Å². The molecule has 0 saturated carbocycles. The van der Waals surface area contributed by atoms with Gasteiger partial charge in [0.2, 0.25) is 6.61 Å². The van der Waals surface area contributed by atoms with Gasteiger partial charge in [-0.2, -0.15) is 0 Å². The first-order chi connectivity index (χ1) is 5.79. The molecule has 0 saturated heterocycles. The van der Waals surface area contributed by atoms with E-state index in [-0.39, 0.29) is 0 Å². The predicted octanol–water partition coefficient (Wildman–Crippen LogP) is 0.450. The van der Waals surface area contributed by atoms with E-state index in [0.717, 1.165) is 5.69 Å². The molecular weight excluding hydrogens is 160 g/mol. The van der Waals surface area contributed by atoms with Crippen LogP contribution in [0.3, 0.4) is 0 Å². The van der Waals surface area contributed by atoms with Crippen LogP contribution in [0.4, 0.5) is 0 Å². The second kappa shape index (κ2) is 4.17. The van der Waals surface area contributed by atoms with E-state index in [1.54, 1.807) is 18.3 Å². The summed E-state index contributed by atoms with van der Waals surface area (Å²) in [5.74, 6) is -1.04. The third kappa shape index (κ3) is 2.87. The fraction of sp³-hybridized carbons (Fsp3) is 0.143. The lowest BCUT2D eigenvalue weighted by Gasteiger charge is -1.90. The molecule has 1 rings (SSSR count). The normalized spacial score (nSPS) is 10.3. The summed E-state index contributed by atoms with van der Waals surface area (Å²) >= 11 is 0. The van der Waals surface area contributed by atoms with Gasteiger partial charge in [0.25, 0.3) is 0 Å². The van der Waals surface area contributed by atoms with Gasteiger partial charge in [0, 0.05) is 6.20 Å². The van der Waals surface area contributed by atoms with Gasteiger partial charge < -0.3 is 14.9 Å². The van der Waals surface area contributed by atoms with Gasteiger partial charge >= 0.3 is 5.97 Å². The molecule has 0 atom stereocenters. The molecule has 0 radical (unpaired) electrons. The third-order valence-corrected chi connectivity index (χ3v) is 1.08. The third-order valence-electron chi connectivity index (χ3n) is 1.08. The van der Waals surface area contributed by atoms with Gasteiger partial charge in [-0.1, -0.05) is 5.16 Å². The average Bonchev–Trinajstić information content (AvgIpc) is 2.49. The highest BCUT2D eigenvalue weighted by molar-refractivity contribution is 5.76. The Morgan fingerprint density at radius 3 is 3.25 bits per heavy atom. The van der Waals surface area contributed by atoms with Crippen LogP contribution >= 0.6 is 0 Å². The van der Waals surface area contributed by atoms with Crippen LogP contribution in [0.2, 0.25) is 0 Å². The first kappa shape index (κ1) is 8.32. The summed E-state index contributed by atoms with van der Waals surface area (Å²) < 4.78 is 0. The van der Waals surface area contributed by atoms with E-state index in [0.29, 0.717) is 0 Å². The molecule has 0 aromatic carbocycles. The number of carboxylic acid groups (broad SMARTS) is 1. The van der Waals surface area contributed by atoms with E-state index in [9.17, 15) is 4.79 Å². The summed E-state index contributed by atoms with van der Waals surface area (Å²) in [5, 5.41) is 11.6. The maximum atomic E-state index is 9.95. The van der Waals surface area contributed by atoms with Crippen LogP contribution in [0.1, 0.15) is 5.69 Å². The number of aliphatic carboxylic acids is 1. The quantitative estimate of drug-likeness (QED) is 0.506. The molecule has 0 aliphatic heterocycles. The number of hydrogen-bond donors (Lipinski definition) is 2. The average molecular weight is 168 g/mol. The highest BCUT2D eigenvalue weighted by atomic mass is 16.6. The number of oxime groups is 1. The summed E-state index contributed by atoms with van der Waals surface area (Å²) in [6, 6.07) is 3.59. The molecule has 12 heavy (non-hydrogen) atoms. The molecule has 1 aromatic rings. The van der Waals surface area contributed by atoms with Crippen molar-refractivity contribution in [2.75, 3.05) is 6.61 Å². The molecule has 0 fully saturated rings. The number of aromatic nitrogens is 1. The molecule has 0 aliphatic carbocycles. The number of aromatic amines is 1. The molecular formula is C7H8N2O3. The summed E-state index contributed by atoms with van der Waals surface area (Å²) in [7, 11) is 0. The summed E-state index contributed by atoms with van der Waals surface area (Å²) in [5.41, 5.74) is 0.764. The van der Waals surface area contributed by atoms with Crippen LogP contribution < -0.4 is 0 Å². The van der Waals surface area contributed by atoms with Gasteiger partial charge in [-0.3, -0.25) is 0 Å². The van der Waals surface area contributed by atoms with Crippen molar-refractivity contribution in [3.8, 4) is 0 Å². The smallest absolute Gasteiger partial charge is 0.344 e. The minimum Gasteiger partial charge on any atom is -0.479 e. The number of hydrogen-bond acceptors (Lipinski definition) is 3. The molecule has 0 bridgehead atoms. The summed E-state index contributed by atoms with van der Waals surface area (Å²) in [6.07, 6.45) is 3.14. The summed E-state index contributed by atoms with van der Waals surface area (Å²) in [4.78, 5) is 17.2. The van der Waals surface area contributed by atoms with Crippen molar-refractivity contribution in [1.29, 1.82) is 0 Å². The highest BCUT2D eigenvalue weighted by Crippen LogP contribution is 1.89. The second-order valence-electron chi connectivity index (χ2n) is 2.03. The number of H-pyrrole nitrogens is 1. The van der Waals surface area contributed by atoms with Crippen LogP contribution in [-0.2, 0) is 9.63 Å². The van der Waals surface area contributed by atoms with Crippen molar-refractivity contribution < 1.29 is 14.7 Å². The number of carboxylic acids is 1. The van der Waals surface area contributed by atoms with Crippen molar-refractivity contribution in [3.05, 3.63) is 24.0 Å². The lowest BCUT2D eigenvalue weighted by molar-refractivity contribution is -0.142. The molecule has 1 aromatic heterocycles. The number of rotatable bonds is 4. The number of nitrogens with zero attached hydrogens (tertiary/aromatic N) is 1. The fourth-order valence-corrected chi connectivity index (χ4v) is 0.611. The molecule has 0 aliphatic rings. The zero-order valence-electron chi connectivity index (χ0n) is 6.23. The molecule has 0 spiro atoms. The maximum absolute atomic E-state index is 9.95. The Bertz CT molecular complexity index is 266. The lowest BCUT2D eigenvalue weighted by Crippen LogP contribution is -2.03. The second-order valence-corrected chi connectivity index (χ2v) is 2.03. The standard InChI is InChI=1S/C7H8N2O3/c10-7(11)5-12-9-4-6-2-1-3-8-6/h1-4,8H,5H2,(H,10,11)/b9-4+. The molecule has 0 unspecified atom stereocenters. The van der Waals surface area contributed by atoms with Crippen molar-refractivity contribution in [2.24, 2.45) is 5.16 Å². The Morgan fingerprint density at radius 2 is 2.67 bits per heavy atom. The van der Waals surface area contributed by atoms with E-state index in [4.69, 9.17) is 5.11 Å². The van der Waals surface area contributed by atoms with E-state index < -0.39 is 12.6 Å². The molecule has 0 amide bonds. The first-order valence-corrected chi connectivity index (χ1v) is 3.29. The van der Waals surface area contributed by atoms with Gasteiger partial charge in [-0.25, -0.2) is 4.79 Å². The van der Waals surface area contributed by atoms with Crippen LogP contribution in [0.15, 0.2) is 23.5 Å². The van der Waals surface area contributed by atoms with Gasteiger partial charge in [-0.05, 0) is 12.1 Å². The monoisotopic (exact) mass is 168 g/mol. The van der Waals surface area contributed by atoms with Gasteiger partial charge in [0.15, 0.2) is 0 Å². The van der Waals surface area contributed by atoms with E-state index in [1.807, 2.05) is 0 Å². The molecule has 2 N–H and O–H groups in total. The summed E-state index contributed by atoms with van der Waals surface area (Å²) in [6.45, 7) is -0.419. The largest absolute Gasteiger partial charge is 0.479 e. The van der Waals surface area contributed by atoms with E-state index in [2.05, 4.69) is 15.0 Å². The number of carbonyl (C=O) groups is 1.